The zero-order valence-electron chi connectivity index (χ0n) is 21.2. The molecule has 37 heavy (non-hydrogen) atoms. The fraction of sp³-hybridized carbons (Fsp3) is 0.444. The molecule has 6 rings (SSSR count). The van der Waals surface area contributed by atoms with E-state index in [9.17, 15) is 0 Å². The molecule has 0 aliphatic carbocycles. The highest BCUT2D eigenvalue weighted by Crippen LogP contribution is 2.33. The first kappa shape index (κ1) is 24.8. The van der Waals surface area contributed by atoms with Crippen LogP contribution in [0.15, 0.2) is 46.6 Å². The number of nitrogens with one attached hydrogen (secondary N) is 2. The van der Waals surface area contributed by atoms with Gasteiger partial charge in [-0.3, -0.25) is 9.88 Å². The molecule has 2 aliphatic rings. The molecular weight excluding hydrogens is 548 g/mol. The van der Waals surface area contributed by atoms with Crippen LogP contribution in [0.4, 0.5) is 11.4 Å². The van der Waals surface area contributed by atoms with Crippen molar-refractivity contribution in [3.05, 3.63) is 51.5 Å². The van der Waals surface area contributed by atoms with E-state index in [2.05, 4.69) is 82.1 Å². The van der Waals surface area contributed by atoms with Crippen LogP contribution in [-0.2, 0) is 6.54 Å². The number of imidazole rings is 1. The smallest absolute Gasteiger partial charge is 0.159 e. The molecule has 0 bridgehead atoms. The number of fused-ring (bicyclic) bond motifs is 1. The Bertz CT molecular complexity index is 1310. The number of hydrogen-bond acceptors (Lipinski definition) is 8. The predicted octanol–water partition coefficient (Wildman–Crippen LogP) is 5.06. The van der Waals surface area contributed by atoms with Crippen molar-refractivity contribution >= 4 is 49.8 Å². The van der Waals surface area contributed by atoms with Gasteiger partial charge in [0.15, 0.2) is 5.65 Å². The predicted molar refractivity (Wildman–Crippen MR) is 155 cm³/mol. The number of H-pyrrole nitrogens is 1. The quantitative estimate of drug-likeness (QED) is 0.316. The van der Waals surface area contributed by atoms with Crippen LogP contribution in [0.1, 0.15) is 24.6 Å². The number of pyridine rings is 1. The van der Waals surface area contributed by atoms with Crippen LogP contribution in [0.3, 0.4) is 0 Å². The van der Waals surface area contributed by atoms with Crippen LogP contribution in [0.2, 0.25) is 0 Å². The lowest BCUT2D eigenvalue weighted by Gasteiger charge is -2.35. The summed E-state index contributed by atoms with van der Waals surface area (Å²) in [5, 5.41) is 3.76. The van der Waals surface area contributed by atoms with E-state index in [1.807, 2.05) is 17.9 Å². The van der Waals surface area contributed by atoms with Crippen molar-refractivity contribution in [1.29, 1.82) is 0 Å². The molecule has 194 valence electrons. The van der Waals surface area contributed by atoms with Crippen molar-refractivity contribution in [2.45, 2.75) is 32.4 Å². The summed E-state index contributed by atoms with van der Waals surface area (Å²) >= 11 is 5.45. The number of aromatic amines is 1. The summed E-state index contributed by atoms with van der Waals surface area (Å²) in [5.74, 6) is 0.852. The highest BCUT2D eigenvalue weighted by Gasteiger charge is 2.22. The number of nitrogens with zero attached hydrogens (tertiary/aromatic N) is 6. The van der Waals surface area contributed by atoms with Gasteiger partial charge in [-0.1, -0.05) is 6.92 Å². The van der Waals surface area contributed by atoms with Crippen molar-refractivity contribution < 1.29 is 0 Å². The number of halogens is 1. The Morgan fingerprint density at radius 2 is 1.81 bits per heavy atom. The monoisotopic (exact) mass is 580 g/mol. The van der Waals surface area contributed by atoms with Crippen LogP contribution in [-0.4, -0.2) is 81.6 Å². The molecule has 8 nitrogen and oxygen atoms in total. The highest BCUT2D eigenvalue weighted by atomic mass is 79.9. The Morgan fingerprint density at radius 3 is 2.51 bits per heavy atom. The molecular formula is C27H33BrN8S. The number of piperidine rings is 1. The number of hydrogen-bond donors (Lipinski definition) is 2. The van der Waals surface area contributed by atoms with E-state index in [1.165, 1.54) is 10.6 Å². The Balaban J connectivity index is 1.13. The molecule has 2 aliphatic heterocycles. The van der Waals surface area contributed by atoms with Gasteiger partial charge in [0.05, 0.1) is 15.7 Å². The van der Waals surface area contributed by atoms with E-state index in [0.717, 1.165) is 97.9 Å². The maximum absolute atomic E-state index is 4.98. The van der Waals surface area contributed by atoms with Crippen LogP contribution < -0.4 is 10.2 Å². The van der Waals surface area contributed by atoms with Crippen LogP contribution in [0.5, 0.6) is 0 Å². The molecule has 0 spiro atoms. The van der Waals surface area contributed by atoms with Crippen molar-refractivity contribution in [3.63, 3.8) is 0 Å². The lowest BCUT2D eigenvalue weighted by atomic mass is 10.0. The third kappa shape index (κ3) is 5.52. The van der Waals surface area contributed by atoms with Crippen molar-refractivity contribution in [2.24, 2.45) is 0 Å². The first-order chi connectivity index (χ1) is 18.2. The van der Waals surface area contributed by atoms with Gasteiger partial charge in [0.1, 0.15) is 11.3 Å². The van der Waals surface area contributed by atoms with Crippen LogP contribution in [0, 0.1) is 0 Å². The summed E-state index contributed by atoms with van der Waals surface area (Å²) in [4.78, 5) is 26.1. The van der Waals surface area contributed by atoms with E-state index >= 15 is 0 Å². The molecule has 10 heteroatoms. The third-order valence-electron chi connectivity index (χ3n) is 7.59. The molecule has 0 amide bonds. The summed E-state index contributed by atoms with van der Waals surface area (Å²) < 4.78 is 0.959. The second-order valence-electron chi connectivity index (χ2n) is 9.89. The van der Waals surface area contributed by atoms with Crippen molar-refractivity contribution in [1.82, 2.24) is 29.7 Å². The normalized spacial score (nSPS) is 18.1. The van der Waals surface area contributed by atoms with E-state index < -0.39 is 0 Å². The first-order valence-electron chi connectivity index (χ1n) is 13.1. The summed E-state index contributed by atoms with van der Waals surface area (Å²) in [5.41, 5.74) is 6.99. The molecule has 0 atom stereocenters. The standard InChI is InChI=1S/C27H33BrN8S/c1-2-34-9-7-20(8-10-34)31-24-23(28)16-30-27-25(24)32-26(33-27)19-3-5-21(6-4-19)36-13-11-35(12-14-36)17-22-15-29-18-37-22/h3-6,15-16,18,20H,2,7-14,17H2,1H3,(H2,30,31,32,33). The third-order valence-corrected chi connectivity index (χ3v) is 8.96. The van der Waals surface area contributed by atoms with Crippen LogP contribution in [0.25, 0.3) is 22.6 Å². The average Bonchev–Trinajstić information content (AvgIpc) is 3.62. The molecule has 3 aromatic heterocycles. The minimum absolute atomic E-state index is 0.451. The lowest BCUT2D eigenvalue weighted by Crippen LogP contribution is -2.45. The van der Waals surface area contributed by atoms with Gasteiger partial charge >= 0.3 is 0 Å². The van der Waals surface area contributed by atoms with Crippen molar-refractivity contribution in [2.75, 3.05) is 56.0 Å². The van der Waals surface area contributed by atoms with Crippen molar-refractivity contribution in [3.8, 4) is 11.4 Å². The zero-order chi connectivity index (χ0) is 25.2. The molecule has 2 saturated heterocycles. The number of thiazole rings is 1. The van der Waals surface area contributed by atoms with Gasteiger partial charge in [0, 0.05) is 80.4 Å². The van der Waals surface area contributed by atoms with Gasteiger partial charge in [-0.2, -0.15) is 0 Å². The summed E-state index contributed by atoms with van der Waals surface area (Å²) in [6, 6.07) is 9.21. The molecule has 4 aromatic rings. The number of rotatable bonds is 7. The Hall–Kier alpha value is -2.53. The molecule has 2 N–H and O–H groups in total. The van der Waals surface area contributed by atoms with Gasteiger partial charge in [-0.25, -0.2) is 9.97 Å². The van der Waals surface area contributed by atoms with E-state index in [1.54, 1.807) is 11.3 Å². The fourth-order valence-electron chi connectivity index (χ4n) is 5.34. The van der Waals surface area contributed by atoms with E-state index in [0.29, 0.717) is 6.04 Å². The maximum atomic E-state index is 4.98. The number of aromatic nitrogens is 4. The van der Waals surface area contributed by atoms with Gasteiger partial charge in [-0.05, 0) is 59.6 Å². The van der Waals surface area contributed by atoms with Gasteiger partial charge in [0.25, 0.3) is 0 Å². The van der Waals surface area contributed by atoms with Gasteiger partial charge in [0.2, 0.25) is 0 Å². The first-order valence-corrected chi connectivity index (χ1v) is 14.8. The maximum Gasteiger partial charge on any atom is 0.159 e. The van der Waals surface area contributed by atoms with E-state index in [4.69, 9.17) is 4.98 Å². The topological polar surface area (TPSA) is 76.2 Å². The Morgan fingerprint density at radius 1 is 1.03 bits per heavy atom. The van der Waals surface area contributed by atoms with Gasteiger partial charge in [-0.15, -0.1) is 11.3 Å². The second kappa shape index (κ2) is 11.1. The highest BCUT2D eigenvalue weighted by molar-refractivity contribution is 9.10. The molecule has 0 saturated carbocycles. The van der Waals surface area contributed by atoms with Crippen LogP contribution >= 0.6 is 27.3 Å². The zero-order valence-corrected chi connectivity index (χ0v) is 23.6. The molecule has 0 radical (unpaired) electrons. The van der Waals surface area contributed by atoms with Gasteiger partial charge < -0.3 is 20.1 Å². The molecule has 0 unspecified atom stereocenters. The molecule has 2 fully saturated rings. The number of benzene rings is 1. The average molecular weight is 582 g/mol. The number of piperazine rings is 1. The summed E-state index contributed by atoms with van der Waals surface area (Å²) in [6.07, 6.45) is 6.13. The largest absolute Gasteiger partial charge is 0.379 e. The Labute approximate surface area is 230 Å². The lowest BCUT2D eigenvalue weighted by molar-refractivity contribution is 0.229. The minimum Gasteiger partial charge on any atom is -0.379 e. The second-order valence-corrected chi connectivity index (χ2v) is 11.7. The number of anilines is 2. The SMILES string of the molecule is CCN1CCC(Nc2c(Br)cnc3[nH]c(-c4ccc(N5CCN(Cc6cncs6)CC5)cc4)nc23)CC1. The summed E-state index contributed by atoms with van der Waals surface area (Å²) in [7, 11) is 0. The molecule has 1 aromatic carbocycles. The fourth-order valence-corrected chi connectivity index (χ4v) is 6.38. The summed E-state index contributed by atoms with van der Waals surface area (Å²) in [6.45, 7) is 10.8. The molecule has 5 heterocycles. The minimum atomic E-state index is 0.451. The number of likely N-dealkylation sites (tertiary alicyclic amines) is 1. The van der Waals surface area contributed by atoms with E-state index in [-0.39, 0.29) is 0 Å². The Kier molecular flexibility index (Phi) is 7.41.